The Bertz CT molecular complexity index is 816. The zero-order chi connectivity index (χ0) is 16.8. The van der Waals surface area contributed by atoms with Crippen molar-refractivity contribution in [1.29, 1.82) is 0 Å². The van der Waals surface area contributed by atoms with E-state index in [1.807, 2.05) is 55.5 Å². The van der Waals surface area contributed by atoms with Crippen LogP contribution in [0.25, 0.3) is 0 Å². The maximum Gasteiger partial charge on any atom is 0.255 e. The zero-order valence-corrected chi connectivity index (χ0v) is 13.4. The summed E-state index contributed by atoms with van der Waals surface area (Å²) in [5.74, 6) is 0.587. The highest BCUT2D eigenvalue weighted by atomic mass is 16.1. The van der Waals surface area contributed by atoms with Crippen LogP contribution in [-0.2, 0) is 6.54 Å². The van der Waals surface area contributed by atoms with E-state index < -0.39 is 0 Å². The molecule has 3 rings (SSSR count). The molecule has 0 aliphatic carbocycles. The van der Waals surface area contributed by atoms with Gasteiger partial charge in [-0.15, -0.1) is 0 Å². The van der Waals surface area contributed by atoms with Crippen LogP contribution in [-0.4, -0.2) is 15.9 Å². The second-order valence-corrected chi connectivity index (χ2v) is 5.43. The number of benzene rings is 1. The second-order valence-electron chi connectivity index (χ2n) is 5.43. The van der Waals surface area contributed by atoms with Crippen molar-refractivity contribution < 1.29 is 4.79 Å². The first-order valence-corrected chi connectivity index (χ1v) is 7.68. The standard InChI is InChI=1S/C19H18N4O/c1-14-5-4-6-15(11-14)19(24)23-17-8-9-18(22-13-17)21-12-16-7-2-3-10-20-16/h2-11,13H,12H2,1H3,(H,21,22)(H,23,24). The molecule has 0 bridgehead atoms. The van der Waals surface area contributed by atoms with Crippen molar-refractivity contribution in [2.24, 2.45) is 0 Å². The van der Waals surface area contributed by atoms with Crippen molar-refractivity contribution in [1.82, 2.24) is 9.97 Å². The molecule has 2 heterocycles. The lowest BCUT2D eigenvalue weighted by molar-refractivity contribution is 0.102. The molecule has 0 fully saturated rings. The summed E-state index contributed by atoms with van der Waals surface area (Å²) >= 11 is 0. The van der Waals surface area contributed by atoms with E-state index in [-0.39, 0.29) is 5.91 Å². The minimum atomic E-state index is -0.144. The van der Waals surface area contributed by atoms with Crippen LogP contribution in [0.15, 0.2) is 67.0 Å². The van der Waals surface area contributed by atoms with Gasteiger partial charge in [0.2, 0.25) is 0 Å². The molecule has 1 amide bonds. The molecule has 0 unspecified atom stereocenters. The van der Waals surface area contributed by atoms with Crippen LogP contribution in [0.3, 0.4) is 0 Å². The Morgan fingerprint density at radius 1 is 1.04 bits per heavy atom. The van der Waals surface area contributed by atoms with Gasteiger partial charge >= 0.3 is 0 Å². The summed E-state index contributed by atoms with van der Waals surface area (Å²) in [6, 6.07) is 16.9. The summed E-state index contributed by atoms with van der Waals surface area (Å²) in [5.41, 5.74) is 3.28. The van der Waals surface area contributed by atoms with Crippen molar-refractivity contribution in [3.8, 4) is 0 Å². The number of anilines is 2. The van der Waals surface area contributed by atoms with E-state index in [2.05, 4.69) is 20.6 Å². The van der Waals surface area contributed by atoms with Crippen molar-refractivity contribution in [3.63, 3.8) is 0 Å². The van der Waals surface area contributed by atoms with Gasteiger partial charge in [0.05, 0.1) is 24.1 Å². The van der Waals surface area contributed by atoms with Gasteiger partial charge in [0, 0.05) is 11.8 Å². The molecule has 1 aromatic carbocycles. The van der Waals surface area contributed by atoms with E-state index in [0.29, 0.717) is 17.8 Å². The molecule has 0 radical (unpaired) electrons. The van der Waals surface area contributed by atoms with Crippen LogP contribution in [0.5, 0.6) is 0 Å². The van der Waals surface area contributed by atoms with Gasteiger partial charge in [-0.05, 0) is 43.3 Å². The van der Waals surface area contributed by atoms with Gasteiger partial charge in [-0.3, -0.25) is 9.78 Å². The molecule has 0 saturated heterocycles. The lowest BCUT2D eigenvalue weighted by Crippen LogP contribution is -2.12. The number of aromatic nitrogens is 2. The van der Waals surface area contributed by atoms with Crippen LogP contribution in [0.4, 0.5) is 11.5 Å². The van der Waals surface area contributed by atoms with E-state index in [9.17, 15) is 4.79 Å². The van der Waals surface area contributed by atoms with Crippen molar-refractivity contribution >= 4 is 17.4 Å². The number of amides is 1. The number of pyridine rings is 2. The maximum absolute atomic E-state index is 12.2. The van der Waals surface area contributed by atoms with Gasteiger partial charge in [-0.1, -0.05) is 23.8 Å². The summed E-state index contributed by atoms with van der Waals surface area (Å²) in [6.45, 7) is 2.56. The highest BCUT2D eigenvalue weighted by molar-refractivity contribution is 6.04. The first-order valence-electron chi connectivity index (χ1n) is 7.68. The normalized spacial score (nSPS) is 10.2. The second kappa shape index (κ2) is 7.37. The van der Waals surface area contributed by atoms with Gasteiger partial charge in [0.15, 0.2) is 0 Å². The third kappa shape index (κ3) is 4.16. The van der Waals surface area contributed by atoms with Crippen LogP contribution in [0, 0.1) is 6.92 Å². The molecule has 24 heavy (non-hydrogen) atoms. The molecule has 0 aliphatic heterocycles. The highest BCUT2D eigenvalue weighted by Gasteiger charge is 2.06. The Kier molecular flexibility index (Phi) is 4.81. The molecule has 5 nitrogen and oxygen atoms in total. The lowest BCUT2D eigenvalue weighted by Gasteiger charge is -2.08. The van der Waals surface area contributed by atoms with Gasteiger partial charge in [-0.25, -0.2) is 4.98 Å². The maximum atomic E-state index is 12.2. The summed E-state index contributed by atoms with van der Waals surface area (Å²) in [6.07, 6.45) is 3.39. The van der Waals surface area contributed by atoms with E-state index in [1.165, 1.54) is 0 Å². The van der Waals surface area contributed by atoms with Gasteiger partial charge < -0.3 is 10.6 Å². The van der Waals surface area contributed by atoms with E-state index in [4.69, 9.17) is 0 Å². The average molecular weight is 318 g/mol. The average Bonchev–Trinajstić information content (AvgIpc) is 2.62. The van der Waals surface area contributed by atoms with E-state index >= 15 is 0 Å². The first-order chi connectivity index (χ1) is 11.7. The molecule has 0 spiro atoms. The topological polar surface area (TPSA) is 66.9 Å². The van der Waals surface area contributed by atoms with Crippen LogP contribution in [0.1, 0.15) is 21.6 Å². The number of nitrogens with one attached hydrogen (secondary N) is 2. The fourth-order valence-electron chi connectivity index (χ4n) is 2.25. The largest absolute Gasteiger partial charge is 0.364 e. The number of carbonyl (C=O) groups excluding carboxylic acids is 1. The van der Waals surface area contributed by atoms with E-state index in [1.54, 1.807) is 18.5 Å². The monoisotopic (exact) mass is 318 g/mol. The van der Waals surface area contributed by atoms with Crippen molar-refractivity contribution in [2.45, 2.75) is 13.5 Å². The summed E-state index contributed by atoms with van der Waals surface area (Å²) in [4.78, 5) is 20.7. The van der Waals surface area contributed by atoms with Gasteiger partial charge in [0.25, 0.3) is 5.91 Å². The van der Waals surface area contributed by atoms with Crippen LogP contribution in [0.2, 0.25) is 0 Å². The number of aryl methyl sites for hydroxylation is 1. The molecule has 0 saturated carbocycles. The predicted octanol–water partition coefficient (Wildman–Crippen LogP) is 3.65. The Morgan fingerprint density at radius 3 is 2.67 bits per heavy atom. The summed E-state index contributed by atoms with van der Waals surface area (Å²) in [5, 5.41) is 6.04. The molecule has 3 aromatic rings. The molecule has 5 heteroatoms. The smallest absolute Gasteiger partial charge is 0.255 e. The molecular weight excluding hydrogens is 300 g/mol. The van der Waals surface area contributed by atoms with E-state index in [0.717, 1.165) is 17.1 Å². The molecule has 2 N–H and O–H groups in total. The Morgan fingerprint density at radius 2 is 1.96 bits per heavy atom. The SMILES string of the molecule is Cc1cccc(C(=O)Nc2ccc(NCc3ccccn3)nc2)c1. The molecule has 120 valence electrons. The summed E-state index contributed by atoms with van der Waals surface area (Å²) in [7, 11) is 0. The van der Waals surface area contributed by atoms with Gasteiger partial charge in [-0.2, -0.15) is 0 Å². The number of rotatable bonds is 5. The lowest BCUT2D eigenvalue weighted by atomic mass is 10.1. The quantitative estimate of drug-likeness (QED) is 0.753. The van der Waals surface area contributed by atoms with Gasteiger partial charge in [0.1, 0.15) is 5.82 Å². The first kappa shape index (κ1) is 15.7. The number of hydrogen-bond donors (Lipinski definition) is 2. The molecule has 2 aromatic heterocycles. The third-order valence-corrected chi connectivity index (χ3v) is 3.48. The minimum absolute atomic E-state index is 0.144. The minimum Gasteiger partial charge on any atom is -0.364 e. The van der Waals surface area contributed by atoms with Crippen LogP contribution >= 0.6 is 0 Å². The van der Waals surface area contributed by atoms with Crippen LogP contribution < -0.4 is 10.6 Å². The third-order valence-electron chi connectivity index (χ3n) is 3.48. The summed E-state index contributed by atoms with van der Waals surface area (Å²) < 4.78 is 0. The number of carbonyl (C=O) groups is 1. The number of nitrogens with zero attached hydrogens (tertiary/aromatic N) is 2. The molecule has 0 atom stereocenters. The highest BCUT2D eigenvalue weighted by Crippen LogP contribution is 2.13. The molecular formula is C19H18N4O. The Hall–Kier alpha value is -3.21. The fraction of sp³-hybridized carbons (Fsp3) is 0.105. The van der Waals surface area contributed by atoms with Crippen molar-refractivity contribution in [3.05, 3.63) is 83.8 Å². The molecule has 0 aliphatic rings. The predicted molar refractivity (Wildman–Crippen MR) is 94.9 cm³/mol. The Balaban J connectivity index is 1.59. The number of hydrogen-bond acceptors (Lipinski definition) is 4. The zero-order valence-electron chi connectivity index (χ0n) is 13.4. The fourth-order valence-corrected chi connectivity index (χ4v) is 2.25. The Labute approximate surface area is 140 Å². The van der Waals surface area contributed by atoms with Crippen molar-refractivity contribution in [2.75, 3.05) is 10.6 Å².